The van der Waals surface area contributed by atoms with Gasteiger partial charge in [-0.05, 0) is 38.9 Å². The van der Waals surface area contributed by atoms with Crippen molar-refractivity contribution in [2.24, 2.45) is 10.9 Å². The number of hydrogen-bond acceptors (Lipinski definition) is 5. The second-order valence-corrected chi connectivity index (χ2v) is 8.58. The zero-order chi connectivity index (χ0) is 19.8. The lowest BCUT2D eigenvalue weighted by Crippen LogP contribution is -2.40. The number of thioether (sulfide) groups is 1. The molecule has 1 saturated carbocycles. The molecule has 2 aliphatic rings. The molecule has 2 fully saturated rings. The summed E-state index contributed by atoms with van der Waals surface area (Å²) in [5, 5.41) is 13.4. The summed E-state index contributed by atoms with van der Waals surface area (Å²) >= 11 is 1.71. The predicted molar refractivity (Wildman–Crippen MR) is 115 cm³/mol. The summed E-state index contributed by atoms with van der Waals surface area (Å²) in [7, 11) is 1.79. The highest BCUT2D eigenvalue weighted by atomic mass is 32.2. The molecule has 2 heterocycles. The van der Waals surface area contributed by atoms with E-state index in [0.717, 1.165) is 62.6 Å². The Morgan fingerprint density at radius 3 is 2.82 bits per heavy atom. The molecule has 1 aliphatic heterocycles. The number of likely N-dealkylation sites (tertiary alicyclic amines) is 1. The average molecular weight is 409 g/mol. The zero-order valence-electron chi connectivity index (χ0n) is 17.7. The second kappa shape index (κ2) is 11.0. The molecule has 0 amide bonds. The molecule has 1 aromatic rings. The van der Waals surface area contributed by atoms with Gasteiger partial charge in [0, 0.05) is 51.7 Å². The number of nitrogens with one attached hydrogen (secondary N) is 1. The molecule has 0 aromatic carbocycles. The number of methoxy groups -OCH3 is 1. The van der Waals surface area contributed by atoms with Crippen molar-refractivity contribution in [1.29, 1.82) is 0 Å². The highest BCUT2D eigenvalue weighted by Crippen LogP contribution is 2.33. The summed E-state index contributed by atoms with van der Waals surface area (Å²) in [6.45, 7) is 6.79. The zero-order valence-corrected chi connectivity index (χ0v) is 18.5. The number of aryl methyl sites for hydroxylation is 1. The van der Waals surface area contributed by atoms with E-state index in [-0.39, 0.29) is 0 Å². The SMILES string of the molecule is CCNC(=NCCCc1nnc(SC)n1C1CCCC1)N1CCC(COC)C1. The minimum atomic E-state index is 0.593. The number of aromatic nitrogens is 3. The number of rotatable bonds is 9. The van der Waals surface area contributed by atoms with Crippen LogP contribution in [0, 0.1) is 5.92 Å². The number of aliphatic imine (C=N–C) groups is 1. The highest BCUT2D eigenvalue weighted by molar-refractivity contribution is 7.98. The smallest absolute Gasteiger partial charge is 0.193 e. The number of guanidine groups is 1. The summed E-state index contributed by atoms with van der Waals surface area (Å²) in [6, 6.07) is 0.593. The summed E-state index contributed by atoms with van der Waals surface area (Å²) in [4.78, 5) is 7.26. The van der Waals surface area contributed by atoms with Crippen LogP contribution in [0.2, 0.25) is 0 Å². The quantitative estimate of drug-likeness (QED) is 0.293. The van der Waals surface area contributed by atoms with Crippen molar-refractivity contribution in [2.75, 3.05) is 46.2 Å². The lowest BCUT2D eigenvalue weighted by atomic mass is 10.1. The van der Waals surface area contributed by atoms with E-state index in [2.05, 4.69) is 38.2 Å². The Labute approximate surface area is 173 Å². The van der Waals surface area contributed by atoms with Crippen LogP contribution in [0.3, 0.4) is 0 Å². The number of nitrogens with zero attached hydrogens (tertiary/aromatic N) is 5. The minimum Gasteiger partial charge on any atom is -0.384 e. The van der Waals surface area contributed by atoms with Gasteiger partial charge in [0.2, 0.25) is 0 Å². The van der Waals surface area contributed by atoms with Crippen LogP contribution in [-0.4, -0.2) is 71.8 Å². The van der Waals surface area contributed by atoms with Gasteiger partial charge in [0.1, 0.15) is 5.82 Å². The molecule has 1 unspecified atom stereocenters. The molecular formula is C20H36N6OS. The van der Waals surface area contributed by atoms with Crippen molar-refractivity contribution in [3.05, 3.63) is 5.82 Å². The third kappa shape index (κ3) is 5.41. The molecule has 0 spiro atoms. The molecule has 1 atom stereocenters. The summed E-state index contributed by atoms with van der Waals surface area (Å²) < 4.78 is 7.73. The molecule has 1 N–H and O–H groups in total. The minimum absolute atomic E-state index is 0.593. The van der Waals surface area contributed by atoms with E-state index in [9.17, 15) is 0 Å². The van der Waals surface area contributed by atoms with Gasteiger partial charge in [-0.3, -0.25) is 4.99 Å². The topological polar surface area (TPSA) is 67.6 Å². The first-order chi connectivity index (χ1) is 13.8. The Kier molecular flexibility index (Phi) is 8.45. The average Bonchev–Trinajstić information content (AvgIpc) is 3.44. The fourth-order valence-corrected chi connectivity index (χ4v) is 4.96. The normalized spacial score (nSPS) is 21.0. The Bertz CT molecular complexity index is 628. The van der Waals surface area contributed by atoms with Gasteiger partial charge in [-0.15, -0.1) is 10.2 Å². The lowest BCUT2D eigenvalue weighted by Gasteiger charge is -2.21. The van der Waals surface area contributed by atoms with Gasteiger partial charge >= 0.3 is 0 Å². The van der Waals surface area contributed by atoms with Gasteiger partial charge in [-0.1, -0.05) is 24.6 Å². The van der Waals surface area contributed by atoms with E-state index in [1.54, 1.807) is 18.9 Å². The molecule has 3 rings (SSSR count). The maximum Gasteiger partial charge on any atom is 0.193 e. The fraction of sp³-hybridized carbons (Fsp3) is 0.850. The van der Waals surface area contributed by atoms with Gasteiger partial charge < -0.3 is 19.5 Å². The van der Waals surface area contributed by atoms with Gasteiger partial charge in [-0.25, -0.2) is 0 Å². The van der Waals surface area contributed by atoms with Crippen LogP contribution >= 0.6 is 11.8 Å². The van der Waals surface area contributed by atoms with Crippen LogP contribution in [0.5, 0.6) is 0 Å². The van der Waals surface area contributed by atoms with Gasteiger partial charge in [0.05, 0.1) is 6.61 Å². The lowest BCUT2D eigenvalue weighted by molar-refractivity contribution is 0.157. The van der Waals surface area contributed by atoms with Gasteiger partial charge in [0.15, 0.2) is 11.1 Å². The Hall–Kier alpha value is -1.28. The molecule has 1 saturated heterocycles. The molecule has 28 heavy (non-hydrogen) atoms. The molecule has 1 aliphatic carbocycles. The van der Waals surface area contributed by atoms with E-state index >= 15 is 0 Å². The molecule has 0 bridgehead atoms. The van der Waals surface area contributed by atoms with Crippen LogP contribution in [0.25, 0.3) is 0 Å². The van der Waals surface area contributed by atoms with Gasteiger partial charge in [0.25, 0.3) is 0 Å². The van der Waals surface area contributed by atoms with Crippen molar-refractivity contribution in [1.82, 2.24) is 25.0 Å². The monoisotopic (exact) mass is 408 g/mol. The molecule has 7 nitrogen and oxygen atoms in total. The molecule has 8 heteroatoms. The first kappa shape index (κ1) is 21.4. The van der Waals surface area contributed by atoms with Crippen LogP contribution in [0.1, 0.15) is 57.3 Å². The highest BCUT2D eigenvalue weighted by Gasteiger charge is 2.25. The maximum atomic E-state index is 5.32. The van der Waals surface area contributed by atoms with Crippen molar-refractivity contribution >= 4 is 17.7 Å². The van der Waals surface area contributed by atoms with E-state index in [4.69, 9.17) is 9.73 Å². The van der Waals surface area contributed by atoms with Crippen molar-refractivity contribution in [2.45, 2.75) is 63.1 Å². The van der Waals surface area contributed by atoms with Crippen LogP contribution in [0.4, 0.5) is 0 Å². The Morgan fingerprint density at radius 2 is 2.11 bits per heavy atom. The second-order valence-electron chi connectivity index (χ2n) is 7.81. The molecular weight excluding hydrogens is 372 g/mol. The Balaban J connectivity index is 1.55. The van der Waals surface area contributed by atoms with Crippen LogP contribution in [0.15, 0.2) is 10.1 Å². The first-order valence-electron chi connectivity index (χ1n) is 10.8. The van der Waals surface area contributed by atoms with Gasteiger partial charge in [-0.2, -0.15) is 0 Å². The molecule has 158 valence electrons. The maximum absolute atomic E-state index is 5.32. The third-order valence-corrected chi connectivity index (χ3v) is 6.39. The summed E-state index contributed by atoms with van der Waals surface area (Å²) in [5.41, 5.74) is 0. The summed E-state index contributed by atoms with van der Waals surface area (Å²) in [5.74, 6) is 2.80. The standard InChI is InChI=1S/C20H36N6OS/c1-4-21-19(25-13-11-16(14-25)15-27-2)22-12-7-10-18-23-24-20(28-3)26(18)17-8-5-6-9-17/h16-17H,4-15H2,1-3H3,(H,21,22). The Morgan fingerprint density at radius 1 is 1.29 bits per heavy atom. The fourth-order valence-electron chi connectivity index (χ4n) is 4.39. The molecule has 0 radical (unpaired) electrons. The van der Waals surface area contributed by atoms with E-state index in [0.29, 0.717) is 12.0 Å². The molecule has 1 aromatic heterocycles. The third-order valence-electron chi connectivity index (χ3n) is 5.75. The van der Waals surface area contributed by atoms with Crippen LogP contribution in [-0.2, 0) is 11.2 Å². The van der Waals surface area contributed by atoms with Crippen molar-refractivity contribution in [3.8, 4) is 0 Å². The summed E-state index contributed by atoms with van der Waals surface area (Å²) in [6.07, 6.45) is 10.4. The van der Waals surface area contributed by atoms with E-state index < -0.39 is 0 Å². The largest absolute Gasteiger partial charge is 0.384 e. The van der Waals surface area contributed by atoms with E-state index in [1.807, 2.05) is 0 Å². The number of ether oxygens (including phenoxy) is 1. The van der Waals surface area contributed by atoms with E-state index in [1.165, 1.54) is 32.1 Å². The number of hydrogen-bond donors (Lipinski definition) is 1. The first-order valence-corrected chi connectivity index (χ1v) is 12.0. The van der Waals surface area contributed by atoms with Crippen LogP contribution < -0.4 is 5.32 Å². The van der Waals surface area contributed by atoms with Crippen molar-refractivity contribution in [3.63, 3.8) is 0 Å². The van der Waals surface area contributed by atoms with Crippen molar-refractivity contribution < 1.29 is 4.74 Å². The predicted octanol–water partition coefficient (Wildman–Crippen LogP) is 2.98.